The number of nitrogens with one attached hydrogen (secondary N) is 2. The van der Waals surface area contributed by atoms with Crippen LogP contribution in [0.25, 0.3) is 0 Å². The normalized spacial score (nSPS) is 12.4. The molecular weight excluding hydrogens is 305 g/mol. The van der Waals surface area contributed by atoms with E-state index in [1.54, 1.807) is 0 Å². The summed E-state index contributed by atoms with van der Waals surface area (Å²) in [7, 11) is -0.745. The van der Waals surface area contributed by atoms with Crippen molar-refractivity contribution < 1.29 is 12.8 Å². The minimum absolute atomic E-state index is 0.0676. The van der Waals surface area contributed by atoms with Gasteiger partial charge in [0.2, 0.25) is 0 Å². The number of halogens is 2. The first-order chi connectivity index (χ1) is 9.13. The summed E-state index contributed by atoms with van der Waals surface area (Å²) in [5, 5.41) is 4.28. The molecule has 0 aliphatic heterocycles. The third-order valence-electron chi connectivity index (χ3n) is 2.39. The van der Waals surface area contributed by atoms with Gasteiger partial charge in [-0.3, -0.25) is 0 Å². The summed E-state index contributed by atoms with van der Waals surface area (Å²) in [6.07, 6.45) is 0. The third-order valence-corrected chi connectivity index (χ3v) is 4.28. The summed E-state index contributed by atoms with van der Waals surface area (Å²) in [5.74, 6) is -0.756. The summed E-state index contributed by atoms with van der Waals surface area (Å²) in [5.41, 5.74) is 0.402. The van der Waals surface area contributed by atoms with Crippen molar-refractivity contribution in [1.82, 2.24) is 15.2 Å². The molecule has 1 aromatic carbocycles. The highest BCUT2D eigenvalue weighted by atomic mass is 35.5. The smallest absolute Gasteiger partial charge is 0.253 e. The zero-order chi connectivity index (χ0) is 15.5. The van der Waals surface area contributed by atoms with Gasteiger partial charge in [0, 0.05) is 26.7 Å². The average Bonchev–Trinajstić information content (AvgIpc) is 2.28. The Hall–Kier alpha value is -0.730. The molecule has 0 aliphatic carbocycles. The van der Waals surface area contributed by atoms with Gasteiger partial charge in [0.15, 0.2) is 0 Å². The lowest BCUT2D eigenvalue weighted by Crippen LogP contribution is -2.36. The predicted octanol–water partition coefficient (Wildman–Crippen LogP) is 1.73. The maximum atomic E-state index is 13.8. The molecule has 0 heterocycles. The van der Waals surface area contributed by atoms with Crippen molar-refractivity contribution in [3.8, 4) is 0 Å². The van der Waals surface area contributed by atoms with Gasteiger partial charge in [-0.25, -0.2) is 17.8 Å². The first kappa shape index (κ1) is 17.3. The van der Waals surface area contributed by atoms with Gasteiger partial charge in [0.05, 0.1) is 9.92 Å². The lowest BCUT2D eigenvalue weighted by atomic mass is 10.2. The Kier molecular flexibility index (Phi) is 5.91. The van der Waals surface area contributed by atoms with E-state index in [1.807, 2.05) is 13.8 Å². The molecule has 0 spiro atoms. The molecule has 0 bridgehead atoms. The molecule has 1 aromatic rings. The monoisotopic (exact) mass is 323 g/mol. The standard InChI is InChI=1S/C12H19ClFN3O2S/c1-8(2)15-7-9-5-10(6-11(14)12(9)13)20(18,19)16-17(3)4/h5-6,8,15-16H,7H2,1-4H3. The first-order valence-electron chi connectivity index (χ1n) is 6.04. The fourth-order valence-corrected chi connectivity index (χ4v) is 2.83. The molecule has 0 amide bonds. The van der Waals surface area contributed by atoms with E-state index in [9.17, 15) is 12.8 Å². The van der Waals surface area contributed by atoms with E-state index < -0.39 is 15.8 Å². The molecule has 2 N–H and O–H groups in total. The van der Waals surface area contributed by atoms with E-state index in [0.29, 0.717) is 12.1 Å². The number of nitrogens with zero attached hydrogens (tertiary/aromatic N) is 1. The Balaban J connectivity index is 3.17. The number of hydrogen-bond acceptors (Lipinski definition) is 4. The Morgan fingerprint density at radius 1 is 1.35 bits per heavy atom. The Bertz CT molecular complexity index is 576. The highest BCUT2D eigenvalue weighted by Crippen LogP contribution is 2.24. The number of hydrogen-bond donors (Lipinski definition) is 2. The van der Waals surface area contributed by atoms with Crippen molar-refractivity contribution in [3.05, 3.63) is 28.5 Å². The lowest BCUT2D eigenvalue weighted by molar-refractivity contribution is 0.364. The van der Waals surface area contributed by atoms with Crippen LogP contribution in [0.2, 0.25) is 5.02 Å². The van der Waals surface area contributed by atoms with Crippen molar-refractivity contribution in [2.45, 2.75) is 31.3 Å². The molecule has 0 atom stereocenters. The minimum atomic E-state index is -3.81. The minimum Gasteiger partial charge on any atom is -0.310 e. The third kappa shape index (κ3) is 4.68. The molecule has 0 aromatic heterocycles. The molecule has 1 rings (SSSR count). The van der Waals surface area contributed by atoms with Crippen LogP contribution in [0.1, 0.15) is 19.4 Å². The van der Waals surface area contributed by atoms with Crippen molar-refractivity contribution in [2.24, 2.45) is 0 Å². The zero-order valence-electron chi connectivity index (χ0n) is 11.9. The van der Waals surface area contributed by atoms with E-state index in [4.69, 9.17) is 11.6 Å². The van der Waals surface area contributed by atoms with Crippen molar-refractivity contribution in [1.29, 1.82) is 0 Å². The quantitative estimate of drug-likeness (QED) is 0.783. The van der Waals surface area contributed by atoms with Crippen molar-refractivity contribution in [3.63, 3.8) is 0 Å². The van der Waals surface area contributed by atoms with E-state index in [1.165, 1.54) is 25.2 Å². The molecular formula is C12H19ClFN3O2S. The first-order valence-corrected chi connectivity index (χ1v) is 7.90. The highest BCUT2D eigenvalue weighted by molar-refractivity contribution is 7.89. The number of rotatable bonds is 6. The van der Waals surface area contributed by atoms with Crippen LogP contribution in [0.3, 0.4) is 0 Å². The highest BCUT2D eigenvalue weighted by Gasteiger charge is 2.19. The predicted molar refractivity (Wildman–Crippen MR) is 77.4 cm³/mol. The van der Waals surface area contributed by atoms with Crippen molar-refractivity contribution >= 4 is 21.6 Å². The SMILES string of the molecule is CC(C)NCc1cc(S(=O)(=O)NN(C)C)cc(F)c1Cl. The maximum absolute atomic E-state index is 13.8. The second-order valence-corrected chi connectivity index (χ2v) is 6.94. The summed E-state index contributed by atoms with van der Waals surface area (Å²) < 4.78 is 37.8. The number of hydrazine groups is 1. The Morgan fingerprint density at radius 3 is 2.45 bits per heavy atom. The van der Waals surface area contributed by atoms with E-state index in [2.05, 4.69) is 10.1 Å². The van der Waals surface area contributed by atoms with Crippen LogP contribution >= 0.6 is 11.6 Å². The van der Waals surface area contributed by atoms with Crippen LogP contribution < -0.4 is 10.1 Å². The van der Waals surface area contributed by atoms with Crippen LogP contribution in [-0.2, 0) is 16.6 Å². The van der Waals surface area contributed by atoms with E-state index >= 15 is 0 Å². The van der Waals surface area contributed by atoms with Gasteiger partial charge >= 0.3 is 0 Å². The molecule has 0 saturated carbocycles. The van der Waals surface area contributed by atoms with Gasteiger partial charge in [-0.2, -0.15) is 0 Å². The topological polar surface area (TPSA) is 61.4 Å². The second kappa shape index (κ2) is 6.82. The zero-order valence-corrected chi connectivity index (χ0v) is 13.4. The van der Waals surface area contributed by atoms with Crippen molar-refractivity contribution in [2.75, 3.05) is 14.1 Å². The summed E-state index contributed by atoms with van der Waals surface area (Å²) >= 11 is 5.86. The largest absolute Gasteiger partial charge is 0.310 e. The van der Waals surface area contributed by atoms with Gasteiger partial charge in [-0.15, -0.1) is 4.83 Å². The van der Waals surface area contributed by atoms with Gasteiger partial charge in [-0.1, -0.05) is 25.4 Å². The molecule has 114 valence electrons. The average molecular weight is 324 g/mol. The van der Waals surface area contributed by atoms with Crippen LogP contribution in [0, 0.1) is 5.82 Å². The van der Waals surface area contributed by atoms with Gasteiger partial charge in [0.1, 0.15) is 5.82 Å². The second-order valence-electron chi connectivity index (χ2n) is 4.90. The van der Waals surface area contributed by atoms with Gasteiger partial charge < -0.3 is 5.32 Å². The van der Waals surface area contributed by atoms with E-state index in [0.717, 1.165) is 6.07 Å². The van der Waals surface area contributed by atoms with Gasteiger partial charge in [0.25, 0.3) is 10.0 Å². The molecule has 0 radical (unpaired) electrons. The molecule has 0 unspecified atom stereocenters. The maximum Gasteiger partial charge on any atom is 0.253 e. The molecule has 0 aliphatic rings. The number of benzene rings is 1. The van der Waals surface area contributed by atoms with Crippen LogP contribution in [-0.4, -0.2) is 33.6 Å². The van der Waals surface area contributed by atoms with Crippen LogP contribution in [0.15, 0.2) is 17.0 Å². The van der Waals surface area contributed by atoms with Crippen LogP contribution in [0.5, 0.6) is 0 Å². The Labute approximate surface area is 124 Å². The fraction of sp³-hybridized carbons (Fsp3) is 0.500. The van der Waals surface area contributed by atoms with Gasteiger partial charge in [-0.05, 0) is 17.7 Å². The summed E-state index contributed by atoms with van der Waals surface area (Å²) in [6, 6.07) is 2.45. The molecule has 0 saturated heterocycles. The summed E-state index contributed by atoms with van der Waals surface area (Å²) in [6.45, 7) is 4.15. The molecule has 20 heavy (non-hydrogen) atoms. The molecule has 0 fully saturated rings. The Morgan fingerprint density at radius 2 is 1.95 bits per heavy atom. The van der Waals surface area contributed by atoms with Crippen LogP contribution in [0.4, 0.5) is 4.39 Å². The summed E-state index contributed by atoms with van der Waals surface area (Å²) in [4.78, 5) is 2.09. The molecule has 5 nitrogen and oxygen atoms in total. The van der Waals surface area contributed by atoms with E-state index in [-0.39, 0.29) is 16.0 Å². The molecule has 8 heteroatoms. The number of sulfonamides is 1. The lowest BCUT2D eigenvalue weighted by Gasteiger charge is -2.15. The fourth-order valence-electron chi connectivity index (χ4n) is 1.51.